The van der Waals surface area contributed by atoms with E-state index in [2.05, 4.69) is 50.9 Å². The molecule has 38 heteroatoms. The number of esters is 1. The van der Waals surface area contributed by atoms with Crippen molar-refractivity contribution in [1.82, 2.24) is 74.9 Å². The van der Waals surface area contributed by atoms with Gasteiger partial charge in [-0.2, -0.15) is 24.2 Å². The van der Waals surface area contributed by atoms with Crippen LogP contribution < -0.4 is 70.4 Å². The number of anilines is 1. The number of rotatable bonds is 15. The van der Waals surface area contributed by atoms with E-state index in [1.165, 1.54) is 54.6 Å². The quantitative estimate of drug-likeness (QED) is 0.0487. The first kappa shape index (κ1) is 70.5. The number of nitrogens with one attached hydrogen (secondary N) is 6. The van der Waals surface area contributed by atoms with Crippen molar-refractivity contribution in [2.45, 2.75) is 92.1 Å². The number of nitrogens with zero attached hydrogens (tertiary/aromatic N) is 9. The minimum Gasteiger partial charge on any atom is -0.476 e. The molecule has 0 aliphatic heterocycles. The summed E-state index contributed by atoms with van der Waals surface area (Å²) in [6.07, 6.45) is -0.453. The normalized spacial score (nSPS) is 11.2. The highest BCUT2D eigenvalue weighted by Gasteiger charge is 2.24. The first-order valence-electron chi connectivity index (χ1n) is 26.7. The summed E-state index contributed by atoms with van der Waals surface area (Å²) in [5.74, 6) is -2.68. The number of carbonyl (C=O) groups excluding carboxylic acids is 1. The number of carboxylic acid groups (broad SMARTS) is 1. The van der Waals surface area contributed by atoms with E-state index in [0.717, 1.165) is 9.36 Å². The van der Waals surface area contributed by atoms with Crippen molar-refractivity contribution in [2.75, 3.05) is 5.73 Å². The summed E-state index contributed by atoms with van der Waals surface area (Å²) in [5.41, 5.74) is -1.27. The molecule has 32 nitrogen and oxygen atoms in total. The molecule has 0 bridgehead atoms. The first-order chi connectivity index (χ1) is 43.5. The number of aromatic nitrogens is 15. The van der Waals surface area contributed by atoms with Crippen LogP contribution in [0.3, 0.4) is 0 Å². The molecular formula is C55H50Cl6N16O16. The minimum absolute atomic E-state index is 0.000175. The Morgan fingerprint density at radius 1 is 0.484 bits per heavy atom. The second-order valence-corrected chi connectivity index (χ2v) is 23.7. The van der Waals surface area contributed by atoms with Crippen molar-refractivity contribution in [2.24, 2.45) is 0 Å². The molecule has 0 atom stereocenters. The van der Waals surface area contributed by atoms with Gasteiger partial charge in [0, 0.05) is 34.9 Å². The third-order valence-corrected chi connectivity index (χ3v) is 13.8. The fraction of sp³-hybridized carbons (Fsp3) is 0.255. The lowest BCUT2D eigenvalue weighted by Crippen LogP contribution is -2.35. The fourth-order valence-corrected chi connectivity index (χ4v) is 9.46. The van der Waals surface area contributed by atoms with Gasteiger partial charge in [0.15, 0.2) is 17.2 Å². The smallest absolute Gasteiger partial charge is 0.362 e. The van der Waals surface area contributed by atoms with Gasteiger partial charge in [-0.05, 0) is 74.9 Å². The maximum atomic E-state index is 12.4. The van der Waals surface area contributed by atoms with E-state index in [1.807, 2.05) is 51.5 Å². The van der Waals surface area contributed by atoms with E-state index in [1.54, 1.807) is 20.8 Å². The molecule has 0 radical (unpaired) electrons. The Morgan fingerprint density at radius 2 is 0.796 bits per heavy atom. The predicted molar refractivity (Wildman–Crippen MR) is 339 cm³/mol. The van der Waals surface area contributed by atoms with E-state index < -0.39 is 69.2 Å². The van der Waals surface area contributed by atoms with Crippen LogP contribution >= 0.6 is 69.6 Å². The van der Waals surface area contributed by atoms with Crippen LogP contribution in [0.4, 0.5) is 5.82 Å². The molecule has 0 aliphatic carbocycles. The second kappa shape index (κ2) is 29.1. The van der Waals surface area contributed by atoms with E-state index in [9.17, 15) is 52.7 Å². The van der Waals surface area contributed by atoms with Gasteiger partial charge in [-0.25, -0.2) is 34.5 Å². The number of hydrogen-bond donors (Lipinski definition) is 8. The molecule has 0 saturated heterocycles. The van der Waals surface area contributed by atoms with Gasteiger partial charge >= 0.3 is 29.0 Å². The minimum atomic E-state index is -1.62. The number of ether oxygens (including phenoxy) is 4. The zero-order valence-electron chi connectivity index (χ0n) is 49.6. The molecule has 93 heavy (non-hydrogen) atoms. The van der Waals surface area contributed by atoms with Crippen LogP contribution in [-0.4, -0.2) is 97.5 Å². The van der Waals surface area contributed by atoms with Crippen LogP contribution in [0.2, 0.25) is 30.1 Å². The Bertz CT molecular complexity index is 4920. The highest BCUT2D eigenvalue weighted by atomic mass is 35.5. The number of hydrogen-bond acceptors (Lipinski definition) is 22. The number of carbonyl (C=O) groups is 2. The van der Waals surface area contributed by atoms with Gasteiger partial charge in [0.1, 0.15) is 11.3 Å². The average Bonchev–Trinajstić information content (AvgIpc) is 0.840. The predicted octanol–water partition coefficient (Wildman–Crippen LogP) is 6.84. The van der Waals surface area contributed by atoms with Crippen LogP contribution in [0.15, 0.2) is 97.7 Å². The summed E-state index contributed by atoms with van der Waals surface area (Å²) < 4.78 is 24.4. The van der Waals surface area contributed by atoms with Crippen molar-refractivity contribution >= 4 is 87.4 Å². The zero-order chi connectivity index (χ0) is 68.8. The Balaban J connectivity index is 0.000000199. The van der Waals surface area contributed by atoms with Crippen molar-refractivity contribution in [3.05, 3.63) is 206 Å². The van der Waals surface area contributed by atoms with Gasteiger partial charge in [-0.1, -0.05) is 111 Å². The molecule has 0 unspecified atom stereocenters. The highest BCUT2D eigenvalue weighted by molar-refractivity contribution is 6.38. The SMILES string of the molecule is CC(C)c1cc(Oc2c(Cl)cc(-n3nc(C(=O)O)c(=O)[nH]c3=O)cc2Cl)n[nH]c1=O.CC(C)c1cc(Oc2c(Cl)cc(-n3nc(CC(=O)OC(C)(C)C)c(=O)[nH]c3=O)cc2Cl)n[nH]c1=O.CC(C)c1cc(Oc2c(Cl)cc(-n3nc(N)c(=O)[nH]c3=O)cc2Cl)n[nH]c1=O. The first-order valence-corrected chi connectivity index (χ1v) is 29.0. The molecule has 9 rings (SSSR count). The van der Waals surface area contributed by atoms with Crippen molar-refractivity contribution < 1.29 is 33.6 Å². The molecule has 0 spiro atoms. The standard InChI is InChI=1S/C22H23Cl2N5O6.C17H13Cl2N5O6.C16H14Cl2N6O4/c1-10(2)12-8-16(26-27-19(12)31)34-18-13(23)6-11(7-14(18)24)29-21(33)25-20(32)15(28-29)9-17(30)35-22(3,4)5;1-6(2)8-5-11(21-22-14(8)25)30-13-9(18)3-7(4-10(13)19)24-17(29)20-15(26)12(23-24)16(27)28;1-6(2)8-5-11(21-22-14(8)25)28-12-9(17)3-7(4-10(12)18)24-16(27)20-15(26)13(19)23-24/h6-8,10H,9H2,1-5H3,(H,27,31)(H,25,32,33);3-6H,1-2H3,(H,22,25)(H,27,28)(H,20,26,29);3-6H,1-2H3,(H2,19,23)(H,22,25)(H,20,26,27). The van der Waals surface area contributed by atoms with Crippen molar-refractivity contribution in [3.63, 3.8) is 0 Å². The number of nitrogens with two attached hydrogens (primary N) is 1. The van der Waals surface area contributed by atoms with Gasteiger partial charge in [0.25, 0.3) is 33.4 Å². The number of halogens is 6. The monoisotopic (exact) mass is 1400 g/mol. The summed E-state index contributed by atoms with van der Waals surface area (Å²) >= 11 is 37.6. The lowest BCUT2D eigenvalue weighted by Gasteiger charge is -2.19. The van der Waals surface area contributed by atoms with Gasteiger partial charge in [-0.15, -0.1) is 20.4 Å². The molecule has 9 aromatic rings. The Morgan fingerprint density at radius 3 is 1.12 bits per heavy atom. The molecule has 0 amide bonds. The lowest BCUT2D eigenvalue weighted by atomic mass is 10.1. The number of H-pyrrole nitrogens is 6. The molecule has 6 heterocycles. The molecule has 0 saturated carbocycles. The Kier molecular flexibility index (Phi) is 22.0. The van der Waals surface area contributed by atoms with Gasteiger partial charge in [0.2, 0.25) is 29.2 Å². The highest BCUT2D eigenvalue weighted by Crippen LogP contribution is 2.40. The van der Waals surface area contributed by atoms with Crippen LogP contribution in [0.25, 0.3) is 17.1 Å². The van der Waals surface area contributed by atoms with Gasteiger partial charge < -0.3 is 29.8 Å². The number of carboxylic acids is 1. The second-order valence-electron chi connectivity index (χ2n) is 21.2. The fourth-order valence-electron chi connectivity index (χ4n) is 7.80. The lowest BCUT2D eigenvalue weighted by molar-refractivity contribution is -0.154. The van der Waals surface area contributed by atoms with Gasteiger partial charge in [0.05, 0.1) is 53.6 Å². The Labute approximate surface area is 549 Å². The number of nitrogen functional groups attached to an aromatic ring is 1. The number of aromatic carboxylic acids is 1. The zero-order valence-corrected chi connectivity index (χ0v) is 54.1. The third kappa shape index (κ3) is 17.3. The molecule has 488 valence electrons. The molecule has 0 aliphatic rings. The molecule has 9 N–H and O–H groups in total. The van der Waals surface area contributed by atoms with Gasteiger partial charge in [-0.3, -0.25) is 48.5 Å². The third-order valence-electron chi connectivity index (χ3n) is 12.1. The van der Waals surface area contributed by atoms with E-state index >= 15 is 0 Å². The van der Waals surface area contributed by atoms with Crippen molar-refractivity contribution in [1.29, 1.82) is 0 Å². The molecule has 6 aromatic heterocycles. The maximum absolute atomic E-state index is 12.4. The van der Waals surface area contributed by atoms with E-state index in [0.29, 0.717) is 21.4 Å². The molecule has 3 aromatic carbocycles. The van der Waals surface area contributed by atoms with E-state index in [-0.39, 0.29) is 122 Å². The van der Waals surface area contributed by atoms with Crippen LogP contribution in [0, 0.1) is 0 Å². The van der Waals surface area contributed by atoms with Crippen LogP contribution in [0.5, 0.6) is 34.9 Å². The van der Waals surface area contributed by atoms with Crippen molar-refractivity contribution in [3.8, 4) is 52.0 Å². The average molecular weight is 1400 g/mol. The number of benzene rings is 3. The van der Waals surface area contributed by atoms with Crippen LogP contribution in [0.1, 0.15) is 113 Å². The summed E-state index contributed by atoms with van der Waals surface area (Å²) in [7, 11) is 0. The summed E-state index contributed by atoms with van der Waals surface area (Å²) in [6.45, 7) is 16.1. The summed E-state index contributed by atoms with van der Waals surface area (Å²) in [5, 5.41) is 38.7. The largest absolute Gasteiger partial charge is 0.476 e. The summed E-state index contributed by atoms with van der Waals surface area (Å²) in [6, 6.07) is 12.2. The van der Waals surface area contributed by atoms with E-state index in [4.69, 9.17) is 99.4 Å². The number of aromatic amines is 6. The Hall–Kier alpha value is -9.99. The summed E-state index contributed by atoms with van der Waals surface area (Å²) in [4.78, 5) is 136. The van der Waals surface area contributed by atoms with Crippen LogP contribution in [-0.2, 0) is 16.0 Å². The topological polar surface area (TPSA) is 458 Å². The molecular weight excluding hydrogens is 1350 g/mol. The molecule has 0 fully saturated rings. The maximum Gasteiger partial charge on any atom is 0.362 e.